The van der Waals surface area contributed by atoms with Crippen LogP contribution < -0.4 is 11.1 Å². The van der Waals surface area contributed by atoms with Crippen LogP contribution in [0.4, 0.5) is 11.5 Å². The normalized spacial score (nSPS) is 11.8. The Bertz CT molecular complexity index is 553. The smallest absolute Gasteiger partial charge is 0.134 e. The van der Waals surface area contributed by atoms with Crippen molar-refractivity contribution in [3.63, 3.8) is 0 Å². The largest absolute Gasteiger partial charge is 0.398 e. The van der Waals surface area contributed by atoms with Crippen LogP contribution in [-0.4, -0.2) is 10.5 Å². The first-order valence-corrected chi connectivity index (χ1v) is 5.81. The molecular formula is C14H19N3. The third-order valence-electron chi connectivity index (χ3n) is 2.53. The molecule has 0 radical (unpaired) electrons. The summed E-state index contributed by atoms with van der Waals surface area (Å²) in [6.07, 6.45) is 0. The van der Waals surface area contributed by atoms with Gasteiger partial charge < -0.3 is 11.1 Å². The van der Waals surface area contributed by atoms with E-state index in [9.17, 15) is 0 Å². The molecule has 0 aliphatic heterocycles. The average molecular weight is 229 g/mol. The summed E-state index contributed by atoms with van der Waals surface area (Å²) in [5.74, 6) is 0.903. The van der Waals surface area contributed by atoms with Crippen molar-refractivity contribution < 1.29 is 0 Å². The Balaban J connectivity index is 2.66. The van der Waals surface area contributed by atoms with Gasteiger partial charge in [-0.1, -0.05) is 12.1 Å². The highest BCUT2D eigenvalue weighted by atomic mass is 15.0. The van der Waals surface area contributed by atoms with E-state index in [2.05, 4.69) is 31.1 Å². The Labute approximate surface area is 102 Å². The van der Waals surface area contributed by atoms with Crippen molar-refractivity contribution in [3.05, 3.63) is 30.0 Å². The highest BCUT2D eigenvalue weighted by Crippen LogP contribution is 2.28. The fourth-order valence-corrected chi connectivity index (χ4v) is 1.88. The predicted molar refractivity (Wildman–Crippen MR) is 74.3 cm³/mol. The molecule has 0 fully saturated rings. The minimum Gasteiger partial charge on any atom is -0.398 e. The van der Waals surface area contributed by atoms with Gasteiger partial charge in [-0.25, -0.2) is 4.98 Å². The molecule has 0 aliphatic carbocycles. The van der Waals surface area contributed by atoms with Gasteiger partial charge in [0.05, 0.1) is 0 Å². The third kappa shape index (κ3) is 2.49. The van der Waals surface area contributed by atoms with Crippen LogP contribution in [0.3, 0.4) is 0 Å². The van der Waals surface area contributed by atoms with Gasteiger partial charge in [0.2, 0.25) is 0 Å². The summed E-state index contributed by atoms with van der Waals surface area (Å²) < 4.78 is 0. The Morgan fingerprint density at radius 2 is 1.88 bits per heavy atom. The first-order valence-electron chi connectivity index (χ1n) is 5.81. The van der Waals surface area contributed by atoms with E-state index in [-0.39, 0.29) is 5.54 Å². The predicted octanol–water partition coefficient (Wildman–Crippen LogP) is 3.34. The van der Waals surface area contributed by atoms with E-state index in [1.165, 1.54) is 0 Å². The van der Waals surface area contributed by atoms with Gasteiger partial charge in [0.25, 0.3) is 0 Å². The fourth-order valence-electron chi connectivity index (χ4n) is 1.88. The summed E-state index contributed by atoms with van der Waals surface area (Å²) >= 11 is 0. The van der Waals surface area contributed by atoms with Crippen molar-refractivity contribution in [3.8, 4) is 0 Å². The van der Waals surface area contributed by atoms with Gasteiger partial charge in [-0.3, -0.25) is 0 Å². The molecule has 2 aromatic rings. The topological polar surface area (TPSA) is 50.9 Å². The molecule has 0 atom stereocenters. The van der Waals surface area contributed by atoms with E-state index in [1.54, 1.807) is 0 Å². The Morgan fingerprint density at radius 3 is 2.53 bits per heavy atom. The van der Waals surface area contributed by atoms with E-state index in [0.717, 1.165) is 28.0 Å². The number of pyridine rings is 1. The summed E-state index contributed by atoms with van der Waals surface area (Å²) in [5.41, 5.74) is 7.76. The van der Waals surface area contributed by atoms with Crippen LogP contribution in [0.1, 0.15) is 26.5 Å². The maximum Gasteiger partial charge on any atom is 0.134 e. The molecule has 0 amide bonds. The number of rotatable bonds is 1. The number of nitrogens with one attached hydrogen (secondary N) is 1. The van der Waals surface area contributed by atoms with Crippen LogP contribution in [0.15, 0.2) is 24.3 Å². The van der Waals surface area contributed by atoms with Crippen LogP contribution in [0.2, 0.25) is 0 Å². The van der Waals surface area contributed by atoms with Crippen molar-refractivity contribution in [2.45, 2.75) is 33.2 Å². The molecule has 17 heavy (non-hydrogen) atoms. The van der Waals surface area contributed by atoms with Gasteiger partial charge >= 0.3 is 0 Å². The number of anilines is 2. The minimum absolute atomic E-state index is 0.0155. The molecule has 0 unspecified atom stereocenters. The number of nitrogens with two attached hydrogens (primary N) is 1. The summed E-state index contributed by atoms with van der Waals surface area (Å²) in [6.45, 7) is 8.35. The second-order valence-electron chi connectivity index (χ2n) is 5.43. The number of aromatic nitrogens is 1. The molecule has 1 heterocycles. The quantitative estimate of drug-likeness (QED) is 0.737. The van der Waals surface area contributed by atoms with Crippen LogP contribution in [0, 0.1) is 6.92 Å². The number of fused-ring (bicyclic) bond motifs is 1. The Morgan fingerprint density at radius 1 is 1.18 bits per heavy atom. The molecule has 90 valence electrons. The van der Waals surface area contributed by atoms with Crippen molar-refractivity contribution >= 4 is 22.3 Å². The summed E-state index contributed by atoms with van der Waals surface area (Å²) in [7, 11) is 0. The van der Waals surface area contributed by atoms with Gasteiger partial charge in [0.15, 0.2) is 0 Å². The SMILES string of the molecule is Cc1cc2c(N)cccc2c(NC(C)(C)C)n1. The molecule has 0 bridgehead atoms. The molecule has 0 aliphatic rings. The van der Waals surface area contributed by atoms with E-state index in [0.29, 0.717) is 0 Å². The maximum absolute atomic E-state index is 6.00. The number of benzene rings is 1. The zero-order chi connectivity index (χ0) is 12.6. The second-order valence-corrected chi connectivity index (χ2v) is 5.43. The molecule has 2 rings (SSSR count). The summed E-state index contributed by atoms with van der Waals surface area (Å²) in [5, 5.41) is 5.56. The van der Waals surface area contributed by atoms with Crippen molar-refractivity contribution in [1.29, 1.82) is 0 Å². The molecule has 3 N–H and O–H groups in total. The number of aryl methyl sites for hydroxylation is 1. The van der Waals surface area contributed by atoms with Crippen LogP contribution in [-0.2, 0) is 0 Å². The maximum atomic E-state index is 6.00. The van der Waals surface area contributed by atoms with E-state index < -0.39 is 0 Å². The fraction of sp³-hybridized carbons (Fsp3) is 0.357. The lowest BCUT2D eigenvalue weighted by Gasteiger charge is -2.23. The van der Waals surface area contributed by atoms with Gasteiger partial charge in [-0.05, 0) is 39.8 Å². The standard InChI is InChI=1S/C14H19N3/c1-9-8-11-10(6-5-7-12(11)15)13(16-9)17-14(2,3)4/h5-8H,15H2,1-4H3,(H,16,17). The molecule has 3 nitrogen and oxygen atoms in total. The van der Waals surface area contributed by atoms with Crippen LogP contribution in [0.25, 0.3) is 10.8 Å². The van der Waals surface area contributed by atoms with E-state index >= 15 is 0 Å². The molecule has 0 saturated carbocycles. The number of nitrogen functional groups attached to an aromatic ring is 1. The number of hydrogen-bond acceptors (Lipinski definition) is 3. The number of nitrogens with zero attached hydrogens (tertiary/aromatic N) is 1. The Kier molecular flexibility index (Phi) is 2.69. The second kappa shape index (κ2) is 3.91. The van der Waals surface area contributed by atoms with Crippen LogP contribution >= 0.6 is 0 Å². The highest BCUT2D eigenvalue weighted by molar-refractivity contribution is 5.99. The first kappa shape index (κ1) is 11.7. The lowest BCUT2D eigenvalue weighted by Crippen LogP contribution is -2.27. The van der Waals surface area contributed by atoms with Crippen molar-refractivity contribution in [2.75, 3.05) is 11.1 Å². The van der Waals surface area contributed by atoms with Gasteiger partial charge in [0, 0.05) is 27.7 Å². The molecule has 1 aromatic heterocycles. The highest BCUT2D eigenvalue weighted by Gasteiger charge is 2.13. The molecule has 1 aromatic carbocycles. The molecule has 3 heteroatoms. The van der Waals surface area contributed by atoms with Gasteiger partial charge in [-0.15, -0.1) is 0 Å². The summed E-state index contributed by atoms with van der Waals surface area (Å²) in [6, 6.07) is 7.95. The molecular weight excluding hydrogens is 210 g/mol. The third-order valence-corrected chi connectivity index (χ3v) is 2.53. The summed E-state index contributed by atoms with van der Waals surface area (Å²) in [4.78, 5) is 4.56. The van der Waals surface area contributed by atoms with E-state index in [4.69, 9.17) is 5.73 Å². The minimum atomic E-state index is -0.0155. The lowest BCUT2D eigenvalue weighted by molar-refractivity contribution is 0.631. The van der Waals surface area contributed by atoms with Crippen molar-refractivity contribution in [1.82, 2.24) is 4.98 Å². The van der Waals surface area contributed by atoms with Crippen molar-refractivity contribution in [2.24, 2.45) is 0 Å². The first-order chi connectivity index (χ1) is 7.87. The Hall–Kier alpha value is -1.77. The van der Waals surface area contributed by atoms with Gasteiger partial charge in [0.1, 0.15) is 5.82 Å². The monoisotopic (exact) mass is 229 g/mol. The zero-order valence-electron chi connectivity index (χ0n) is 10.8. The molecule has 0 spiro atoms. The van der Waals surface area contributed by atoms with Crippen LogP contribution in [0.5, 0.6) is 0 Å². The zero-order valence-corrected chi connectivity index (χ0v) is 10.8. The molecule has 0 saturated heterocycles. The van der Waals surface area contributed by atoms with E-state index in [1.807, 2.05) is 31.2 Å². The average Bonchev–Trinajstić information content (AvgIpc) is 2.17. The number of hydrogen-bond donors (Lipinski definition) is 2. The lowest BCUT2D eigenvalue weighted by atomic mass is 10.1. The van der Waals surface area contributed by atoms with Gasteiger partial charge in [-0.2, -0.15) is 0 Å².